The summed E-state index contributed by atoms with van der Waals surface area (Å²) in [5, 5.41) is 4.64. The molecular formula is C16H19F2N3O4S. The summed E-state index contributed by atoms with van der Waals surface area (Å²) in [4.78, 5) is 16.0. The Morgan fingerprint density at radius 2 is 2.08 bits per heavy atom. The molecule has 1 aromatic carbocycles. The van der Waals surface area contributed by atoms with Gasteiger partial charge in [-0.3, -0.25) is 4.79 Å². The predicted molar refractivity (Wildman–Crippen MR) is 90.1 cm³/mol. The van der Waals surface area contributed by atoms with Crippen molar-refractivity contribution < 1.29 is 26.5 Å². The van der Waals surface area contributed by atoms with Gasteiger partial charge in [0.05, 0.1) is 5.69 Å². The molecule has 1 unspecified atom stereocenters. The van der Waals surface area contributed by atoms with Crippen LogP contribution >= 0.6 is 0 Å². The maximum absolute atomic E-state index is 13.5. The zero-order valence-corrected chi connectivity index (χ0v) is 15.1. The molecule has 1 aromatic heterocycles. The van der Waals surface area contributed by atoms with Crippen LogP contribution in [0.1, 0.15) is 43.7 Å². The summed E-state index contributed by atoms with van der Waals surface area (Å²) in [5.74, 6) is -3.36. The van der Waals surface area contributed by atoms with Gasteiger partial charge in [-0.2, -0.15) is 4.98 Å². The molecule has 0 fully saturated rings. The molecule has 2 rings (SSSR count). The number of aromatic nitrogens is 2. The third-order valence-corrected chi connectivity index (χ3v) is 5.61. The highest BCUT2D eigenvalue weighted by atomic mass is 32.2. The van der Waals surface area contributed by atoms with Crippen LogP contribution in [-0.4, -0.2) is 30.2 Å². The van der Waals surface area contributed by atoms with Gasteiger partial charge in [-0.1, -0.05) is 18.5 Å². The van der Waals surface area contributed by atoms with Gasteiger partial charge in [0.15, 0.2) is 15.7 Å². The fourth-order valence-electron chi connectivity index (χ4n) is 2.11. The number of carbonyl (C=O) groups excluding carboxylic acids is 1. The predicted octanol–water partition coefficient (Wildman–Crippen LogP) is 2.80. The van der Waals surface area contributed by atoms with E-state index in [4.69, 9.17) is 4.52 Å². The number of nitrogens with one attached hydrogen (secondary N) is 1. The molecular weight excluding hydrogens is 368 g/mol. The average molecular weight is 387 g/mol. The van der Waals surface area contributed by atoms with Crippen molar-refractivity contribution in [3.05, 3.63) is 41.5 Å². The highest BCUT2D eigenvalue weighted by Gasteiger charge is 2.30. The molecule has 0 spiro atoms. The zero-order valence-electron chi connectivity index (χ0n) is 14.3. The molecule has 0 saturated carbocycles. The lowest BCUT2D eigenvalue weighted by molar-refractivity contribution is -0.113. The van der Waals surface area contributed by atoms with Crippen molar-refractivity contribution in [2.45, 2.75) is 38.4 Å². The number of hydrogen-bond acceptors (Lipinski definition) is 6. The number of aryl methyl sites for hydroxylation is 1. The number of carbonyl (C=O) groups is 1. The molecule has 0 aliphatic rings. The molecule has 0 aliphatic heterocycles. The van der Waals surface area contributed by atoms with Crippen molar-refractivity contribution in [3.63, 3.8) is 0 Å². The minimum absolute atomic E-state index is 0.100. The van der Waals surface area contributed by atoms with Crippen LogP contribution in [0, 0.1) is 11.6 Å². The third-order valence-electron chi connectivity index (χ3n) is 3.66. The number of halogens is 2. The summed E-state index contributed by atoms with van der Waals surface area (Å²) in [6.45, 7) is 3.33. The second kappa shape index (κ2) is 8.35. The number of amides is 1. The van der Waals surface area contributed by atoms with Gasteiger partial charge in [0.25, 0.3) is 0 Å². The second-order valence-corrected chi connectivity index (χ2v) is 8.10. The number of sulfone groups is 1. The largest absolute Gasteiger partial charge is 0.338 e. The molecule has 0 aliphatic carbocycles. The lowest BCUT2D eigenvalue weighted by Crippen LogP contribution is -2.26. The number of benzene rings is 1. The first-order chi connectivity index (χ1) is 12.2. The Morgan fingerprint density at radius 3 is 2.73 bits per heavy atom. The summed E-state index contributed by atoms with van der Waals surface area (Å²) in [6.07, 6.45) is 2.33. The minimum Gasteiger partial charge on any atom is -0.338 e. The molecule has 7 nitrogen and oxygen atoms in total. The van der Waals surface area contributed by atoms with E-state index in [2.05, 4.69) is 15.5 Å². The Balaban J connectivity index is 2.04. The van der Waals surface area contributed by atoms with E-state index in [-0.39, 0.29) is 11.6 Å². The molecule has 0 saturated heterocycles. The maximum atomic E-state index is 13.5. The molecule has 26 heavy (non-hydrogen) atoms. The number of hydrogen-bond donors (Lipinski definition) is 1. The van der Waals surface area contributed by atoms with Crippen LogP contribution < -0.4 is 5.32 Å². The summed E-state index contributed by atoms with van der Waals surface area (Å²) in [7, 11) is -3.97. The second-order valence-electron chi connectivity index (χ2n) is 5.77. The van der Waals surface area contributed by atoms with Gasteiger partial charge in [-0.25, -0.2) is 17.2 Å². The van der Waals surface area contributed by atoms with Gasteiger partial charge < -0.3 is 9.84 Å². The number of nitrogens with zero attached hydrogens (tertiary/aromatic N) is 2. The topological polar surface area (TPSA) is 102 Å². The van der Waals surface area contributed by atoms with Crippen molar-refractivity contribution in [1.82, 2.24) is 10.1 Å². The van der Waals surface area contributed by atoms with Crippen molar-refractivity contribution in [2.24, 2.45) is 0 Å². The van der Waals surface area contributed by atoms with Crippen molar-refractivity contribution >= 4 is 21.4 Å². The van der Waals surface area contributed by atoms with E-state index in [9.17, 15) is 22.0 Å². The third kappa shape index (κ3) is 5.07. The smallest absolute Gasteiger partial charge is 0.244 e. The van der Waals surface area contributed by atoms with E-state index in [0.29, 0.717) is 18.3 Å². The number of anilines is 1. The van der Waals surface area contributed by atoms with Crippen molar-refractivity contribution in [2.75, 3.05) is 11.1 Å². The minimum atomic E-state index is -3.97. The molecule has 1 heterocycles. The van der Waals surface area contributed by atoms with Crippen LogP contribution in [0.3, 0.4) is 0 Å². The zero-order chi connectivity index (χ0) is 19.3. The van der Waals surface area contributed by atoms with E-state index < -0.39 is 38.4 Å². The van der Waals surface area contributed by atoms with Gasteiger partial charge in [-0.15, -0.1) is 0 Å². The van der Waals surface area contributed by atoms with E-state index in [0.717, 1.165) is 25.0 Å². The van der Waals surface area contributed by atoms with Crippen LogP contribution in [-0.2, 0) is 21.1 Å². The van der Waals surface area contributed by atoms with Crippen LogP contribution in [0.5, 0.6) is 0 Å². The summed E-state index contributed by atoms with van der Waals surface area (Å²) in [6, 6.07) is 2.55. The Labute approximate surface area is 149 Å². The average Bonchev–Trinajstić information content (AvgIpc) is 3.03. The first kappa shape index (κ1) is 20.0. The van der Waals surface area contributed by atoms with E-state index in [1.54, 1.807) is 0 Å². The van der Waals surface area contributed by atoms with E-state index in [1.165, 1.54) is 6.92 Å². The molecule has 1 amide bonds. The van der Waals surface area contributed by atoms with Crippen LogP contribution in [0.25, 0.3) is 0 Å². The molecule has 2 aromatic rings. The maximum Gasteiger partial charge on any atom is 0.244 e. The Kier molecular flexibility index (Phi) is 6.41. The number of rotatable bonds is 8. The fraction of sp³-hybridized carbons (Fsp3) is 0.438. The van der Waals surface area contributed by atoms with Gasteiger partial charge >= 0.3 is 0 Å². The van der Waals surface area contributed by atoms with Crippen LogP contribution in [0.15, 0.2) is 22.7 Å². The normalized spacial score (nSPS) is 12.8. The first-order valence-electron chi connectivity index (χ1n) is 8.02. The summed E-state index contributed by atoms with van der Waals surface area (Å²) >= 11 is 0. The van der Waals surface area contributed by atoms with Crippen molar-refractivity contribution in [3.8, 4) is 0 Å². The molecule has 1 atom stereocenters. The van der Waals surface area contributed by atoms with Gasteiger partial charge in [0.2, 0.25) is 11.8 Å². The number of unbranched alkanes of at least 4 members (excludes halogenated alkanes) is 1. The van der Waals surface area contributed by atoms with Crippen LogP contribution in [0.2, 0.25) is 0 Å². The van der Waals surface area contributed by atoms with Crippen molar-refractivity contribution in [1.29, 1.82) is 0 Å². The van der Waals surface area contributed by atoms with Gasteiger partial charge in [0.1, 0.15) is 22.6 Å². The lowest BCUT2D eigenvalue weighted by Gasteiger charge is -2.10. The molecule has 142 valence electrons. The quantitative estimate of drug-likeness (QED) is 0.747. The van der Waals surface area contributed by atoms with E-state index >= 15 is 0 Å². The summed E-state index contributed by atoms with van der Waals surface area (Å²) < 4.78 is 56.1. The molecule has 1 N–H and O–H groups in total. The van der Waals surface area contributed by atoms with E-state index in [1.807, 2.05) is 6.92 Å². The van der Waals surface area contributed by atoms with Gasteiger partial charge in [-0.05, 0) is 25.5 Å². The summed E-state index contributed by atoms with van der Waals surface area (Å²) in [5.41, 5.74) is -0.307. The van der Waals surface area contributed by atoms with Crippen LogP contribution in [0.4, 0.5) is 14.5 Å². The Bertz CT molecular complexity index is 883. The van der Waals surface area contributed by atoms with Gasteiger partial charge in [0, 0.05) is 12.5 Å². The monoisotopic (exact) mass is 387 g/mol. The highest BCUT2D eigenvalue weighted by Crippen LogP contribution is 2.22. The lowest BCUT2D eigenvalue weighted by atomic mass is 10.2. The highest BCUT2D eigenvalue weighted by molar-refractivity contribution is 7.92. The standard InChI is InChI=1S/C16H19F2N3O4S/c1-3-4-5-14-20-16(25-21-14)10(2)26(23,24)9-15(22)19-13-7-6-11(17)8-12(13)18/h6-8,10H,3-5,9H2,1-2H3,(H,19,22). The molecule has 10 heteroatoms. The molecule has 0 bridgehead atoms. The SMILES string of the molecule is CCCCc1noc(C(C)S(=O)(=O)CC(=O)Nc2ccc(F)cc2F)n1. The molecule has 0 radical (unpaired) electrons. The Hall–Kier alpha value is -2.36. The Morgan fingerprint density at radius 1 is 1.35 bits per heavy atom. The fourth-order valence-corrected chi connectivity index (χ4v) is 3.20. The first-order valence-corrected chi connectivity index (χ1v) is 9.73.